The monoisotopic (exact) mass is 258 g/mol. The quantitative estimate of drug-likeness (QED) is 0.722. The molecule has 1 aliphatic rings. The maximum atomic E-state index is 13.4. The molecular weight excluding hydrogens is 246 g/mol. The fourth-order valence-electron chi connectivity index (χ4n) is 1.70. The summed E-state index contributed by atoms with van der Waals surface area (Å²) < 4.78 is 26.3. The minimum Gasteiger partial charge on any atom is -0.338 e. The highest BCUT2D eigenvalue weighted by Gasteiger charge is 2.22. The molecular formula is C11H12F2N2OS. The van der Waals surface area contributed by atoms with Crippen LogP contribution >= 0.6 is 11.8 Å². The number of hydrogen-bond acceptors (Lipinski definition) is 3. The minimum absolute atomic E-state index is 0.232. The third kappa shape index (κ3) is 2.74. The second-order valence-corrected chi connectivity index (χ2v) is 4.95. The normalized spacial score (nSPS) is 16.7. The molecule has 92 valence electrons. The van der Waals surface area contributed by atoms with Crippen LogP contribution in [0.1, 0.15) is 16.8 Å². The minimum atomic E-state index is -1.22. The Morgan fingerprint density at radius 3 is 3.00 bits per heavy atom. The molecule has 0 atom stereocenters. The van der Waals surface area contributed by atoms with Gasteiger partial charge in [0, 0.05) is 25.0 Å². The van der Waals surface area contributed by atoms with E-state index in [0.29, 0.717) is 13.1 Å². The van der Waals surface area contributed by atoms with E-state index in [4.69, 9.17) is 0 Å². The van der Waals surface area contributed by atoms with E-state index in [2.05, 4.69) is 4.98 Å². The van der Waals surface area contributed by atoms with Crippen LogP contribution in [0, 0.1) is 11.8 Å². The lowest BCUT2D eigenvalue weighted by Crippen LogP contribution is -2.33. The van der Waals surface area contributed by atoms with Crippen LogP contribution in [0.5, 0.6) is 0 Å². The van der Waals surface area contributed by atoms with Gasteiger partial charge in [0.05, 0.1) is 5.56 Å². The maximum Gasteiger partial charge on any atom is 0.257 e. The summed E-state index contributed by atoms with van der Waals surface area (Å²) in [6.07, 6.45) is 1.99. The average Bonchev–Trinajstić information content (AvgIpc) is 2.60. The van der Waals surface area contributed by atoms with Gasteiger partial charge < -0.3 is 4.90 Å². The third-order valence-corrected chi connectivity index (χ3v) is 3.64. The number of nitrogens with zero attached hydrogens (tertiary/aromatic N) is 2. The van der Waals surface area contributed by atoms with Crippen molar-refractivity contribution < 1.29 is 13.6 Å². The molecule has 1 amide bonds. The lowest BCUT2D eigenvalue weighted by atomic mass is 10.2. The standard InChI is InChI=1S/C11H12F2N2OS/c12-9-8(2-3-14-10(9)13)11(16)15-4-1-6-17-7-5-15/h2-3H,1,4-7H2. The van der Waals surface area contributed by atoms with Crippen molar-refractivity contribution in [2.75, 3.05) is 24.6 Å². The van der Waals surface area contributed by atoms with Crippen LogP contribution in [-0.2, 0) is 0 Å². The first-order chi connectivity index (χ1) is 8.20. The summed E-state index contributed by atoms with van der Waals surface area (Å²) in [6.45, 7) is 1.17. The number of pyridine rings is 1. The highest BCUT2D eigenvalue weighted by molar-refractivity contribution is 7.99. The van der Waals surface area contributed by atoms with E-state index >= 15 is 0 Å². The molecule has 17 heavy (non-hydrogen) atoms. The van der Waals surface area contributed by atoms with Crippen LogP contribution in [0.2, 0.25) is 0 Å². The number of aromatic nitrogens is 1. The van der Waals surface area contributed by atoms with Crippen molar-refractivity contribution in [3.63, 3.8) is 0 Å². The summed E-state index contributed by atoms with van der Waals surface area (Å²) >= 11 is 1.77. The highest BCUT2D eigenvalue weighted by Crippen LogP contribution is 2.15. The van der Waals surface area contributed by atoms with Crippen LogP contribution in [0.15, 0.2) is 12.3 Å². The van der Waals surface area contributed by atoms with Crippen LogP contribution in [0.3, 0.4) is 0 Å². The molecule has 0 N–H and O–H groups in total. The molecule has 0 spiro atoms. The summed E-state index contributed by atoms with van der Waals surface area (Å²) in [7, 11) is 0. The molecule has 1 saturated heterocycles. The summed E-state index contributed by atoms with van der Waals surface area (Å²) in [5, 5.41) is 0. The largest absolute Gasteiger partial charge is 0.338 e. The van der Waals surface area contributed by atoms with Gasteiger partial charge in [0.25, 0.3) is 5.91 Å². The van der Waals surface area contributed by atoms with Crippen molar-refractivity contribution in [1.82, 2.24) is 9.88 Å². The number of carbonyl (C=O) groups excluding carboxylic acids is 1. The van der Waals surface area contributed by atoms with Gasteiger partial charge in [0.1, 0.15) is 0 Å². The number of hydrogen-bond donors (Lipinski definition) is 0. The van der Waals surface area contributed by atoms with E-state index in [-0.39, 0.29) is 5.56 Å². The van der Waals surface area contributed by atoms with E-state index in [1.165, 1.54) is 6.07 Å². The van der Waals surface area contributed by atoms with E-state index in [0.717, 1.165) is 24.1 Å². The van der Waals surface area contributed by atoms with Gasteiger partial charge in [-0.2, -0.15) is 16.2 Å². The van der Waals surface area contributed by atoms with Crippen molar-refractivity contribution in [3.05, 3.63) is 29.6 Å². The van der Waals surface area contributed by atoms with Crippen LogP contribution in [0.25, 0.3) is 0 Å². The molecule has 1 aromatic heterocycles. The fourth-order valence-corrected chi connectivity index (χ4v) is 2.59. The van der Waals surface area contributed by atoms with Crippen molar-refractivity contribution in [2.45, 2.75) is 6.42 Å². The third-order valence-electron chi connectivity index (χ3n) is 2.59. The van der Waals surface area contributed by atoms with Gasteiger partial charge in [0.2, 0.25) is 5.95 Å². The Balaban J connectivity index is 2.20. The van der Waals surface area contributed by atoms with Crippen LogP contribution in [0.4, 0.5) is 8.78 Å². The van der Waals surface area contributed by atoms with E-state index in [1.54, 1.807) is 16.7 Å². The Bertz CT molecular complexity index is 420. The summed E-state index contributed by atoms with van der Waals surface area (Å²) in [5.74, 6) is -1.00. The highest BCUT2D eigenvalue weighted by atomic mass is 32.2. The van der Waals surface area contributed by atoms with Gasteiger partial charge in [-0.05, 0) is 18.2 Å². The summed E-state index contributed by atoms with van der Waals surface area (Å²) in [6, 6.07) is 1.22. The van der Waals surface area contributed by atoms with Crippen molar-refractivity contribution >= 4 is 17.7 Å². The smallest absolute Gasteiger partial charge is 0.257 e. The molecule has 1 fully saturated rings. The van der Waals surface area contributed by atoms with Crippen molar-refractivity contribution in [1.29, 1.82) is 0 Å². The molecule has 2 rings (SSSR count). The van der Waals surface area contributed by atoms with Gasteiger partial charge in [-0.15, -0.1) is 0 Å². The Hall–Kier alpha value is -1.17. The Kier molecular flexibility index (Phi) is 3.93. The Morgan fingerprint density at radius 1 is 1.35 bits per heavy atom. The van der Waals surface area contributed by atoms with Gasteiger partial charge in [-0.1, -0.05) is 0 Å². The molecule has 0 saturated carbocycles. The van der Waals surface area contributed by atoms with Crippen LogP contribution < -0.4 is 0 Å². The molecule has 3 nitrogen and oxygen atoms in total. The van der Waals surface area contributed by atoms with Crippen LogP contribution in [-0.4, -0.2) is 40.4 Å². The SMILES string of the molecule is O=C(c1ccnc(F)c1F)N1CCCSCC1. The van der Waals surface area contributed by atoms with Gasteiger partial charge in [0.15, 0.2) is 5.82 Å². The lowest BCUT2D eigenvalue weighted by Gasteiger charge is -2.20. The fraction of sp³-hybridized carbons (Fsp3) is 0.455. The van der Waals surface area contributed by atoms with E-state index in [1.807, 2.05) is 0 Å². The second-order valence-electron chi connectivity index (χ2n) is 3.72. The first kappa shape index (κ1) is 12.3. The topological polar surface area (TPSA) is 33.2 Å². The van der Waals surface area contributed by atoms with Gasteiger partial charge in [-0.25, -0.2) is 9.37 Å². The van der Waals surface area contributed by atoms with Gasteiger partial charge >= 0.3 is 0 Å². The molecule has 0 bridgehead atoms. The molecule has 1 aromatic rings. The first-order valence-electron chi connectivity index (χ1n) is 5.37. The Morgan fingerprint density at radius 2 is 2.18 bits per heavy atom. The number of thioether (sulfide) groups is 1. The summed E-state index contributed by atoms with van der Waals surface area (Å²) in [5.41, 5.74) is -0.232. The molecule has 6 heteroatoms. The molecule has 1 aliphatic heterocycles. The molecule has 0 aromatic carbocycles. The molecule has 2 heterocycles. The zero-order chi connectivity index (χ0) is 12.3. The molecule has 0 radical (unpaired) electrons. The average molecular weight is 258 g/mol. The lowest BCUT2D eigenvalue weighted by molar-refractivity contribution is 0.0762. The van der Waals surface area contributed by atoms with Crippen molar-refractivity contribution in [3.8, 4) is 0 Å². The number of carbonyl (C=O) groups is 1. The predicted molar refractivity (Wildman–Crippen MR) is 62.0 cm³/mol. The number of halogens is 2. The summed E-state index contributed by atoms with van der Waals surface area (Å²) in [4.78, 5) is 16.7. The second kappa shape index (κ2) is 5.44. The predicted octanol–water partition coefficient (Wildman–Crippen LogP) is 1.94. The first-order valence-corrected chi connectivity index (χ1v) is 6.52. The van der Waals surface area contributed by atoms with E-state index < -0.39 is 17.7 Å². The Labute approximate surface area is 102 Å². The zero-order valence-corrected chi connectivity index (χ0v) is 9.97. The molecule has 0 aliphatic carbocycles. The zero-order valence-electron chi connectivity index (χ0n) is 9.16. The van der Waals surface area contributed by atoms with Gasteiger partial charge in [-0.3, -0.25) is 4.79 Å². The molecule has 0 unspecified atom stereocenters. The van der Waals surface area contributed by atoms with Crippen molar-refractivity contribution in [2.24, 2.45) is 0 Å². The van der Waals surface area contributed by atoms with E-state index in [9.17, 15) is 13.6 Å². The maximum absolute atomic E-state index is 13.4. The number of amides is 1. The number of rotatable bonds is 1.